The van der Waals surface area contributed by atoms with Gasteiger partial charge < -0.3 is 0 Å². The van der Waals surface area contributed by atoms with Crippen LogP contribution in [0.15, 0.2) is 35.2 Å². The molecule has 0 aliphatic carbocycles. The Morgan fingerprint density at radius 1 is 0.679 bits per heavy atom. The van der Waals surface area contributed by atoms with Gasteiger partial charge >= 0.3 is 0 Å². The van der Waals surface area contributed by atoms with Crippen molar-refractivity contribution in [1.29, 1.82) is 10.5 Å². The van der Waals surface area contributed by atoms with Crippen molar-refractivity contribution in [2.24, 2.45) is 0 Å². The number of sulfonamides is 1. The van der Waals surface area contributed by atoms with E-state index < -0.39 is 10.0 Å². The summed E-state index contributed by atoms with van der Waals surface area (Å²) in [7, 11) is -3.46. The Kier molecular flexibility index (Phi) is 13.0. The molecular weight excluding hydrogens is 370 g/mol. The Morgan fingerprint density at radius 2 is 1.11 bits per heavy atom. The van der Waals surface area contributed by atoms with E-state index in [2.05, 4.69) is 12.1 Å². The van der Waals surface area contributed by atoms with Gasteiger partial charge in [0.15, 0.2) is 0 Å². The average molecular weight is 404 g/mol. The highest BCUT2D eigenvalue weighted by Gasteiger charge is 2.23. The molecule has 1 aromatic rings. The highest BCUT2D eigenvalue weighted by molar-refractivity contribution is 7.89. The summed E-state index contributed by atoms with van der Waals surface area (Å²) in [5.74, 6) is 0. The van der Waals surface area contributed by atoms with Crippen LogP contribution >= 0.6 is 0 Å². The number of hydrogen-bond acceptors (Lipinski definition) is 4. The van der Waals surface area contributed by atoms with Crippen LogP contribution in [-0.4, -0.2) is 25.8 Å². The van der Waals surface area contributed by atoms with Crippen molar-refractivity contribution >= 4 is 10.0 Å². The smallest absolute Gasteiger partial charge is 0.207 e. The van der Waals surface area contributed by atoms with Crippen LogP contribution in [0.4, 0.5) is 0 Å². The largest absolute Gasteiger partial charge is 0.243 e. The fraction of sp³-hybridized carbons (Fsp3) is 0.636. The van der Waals surface area contributed by atoms with Gasteiger partial charge in [-0.3, -0.25) is 0 Å². The van der Waals surface area contributed by atoms with Gasteiger partial charge in [-0.1, -0.05) is 56.7 Å². The van der Waals surface area contributed by atoms with Gasteiger partial charge in [-0.2, -0.15) is 14.8 Å². The highest BCUT2D eigenvalue weighted by Crippen LogP contribution is 2.18. The average Bonchev–Trinajstić information content (AvgIpc) is 2.71. The molecular formula is C22H33N3O2S. The van der Waals surface area contributed by atoms with Gasteiger partial charge in [0.2, 0.25) is 10.0 Å². The molecule has 1 rings (SSSR count). The van der Waals surface area contributed by atoms with Crippen LogP contribution in [0.2, 0.25) is 0 Å². The normalized spacial score (nSPS) is 11.2. The Bertz CT molecular complexity index is 678. The molecule has 0 aromatic heterocycles. The third kappa shape index (κ3) is 9.88. The number of hydrogen-bond donors (Lipinski definition) is 0. The molecule has 0 bridgehead atoms. The first-order valence-electron chi connectivity index (χ1n) is 10.4. The third-order valence-corrected chi connectivity index (χ3v) is 6.69. The highest BCUT2D eigenvalue weighted by atomic mass is 32.2. The molecule has 28 heavy (non-hydrogen) atoms. The molecule has 154 valence electrons. The molecule has 1 aromatic carbocycles. The number of unbranched alkanes of at least 4 members (excludes halogenated alkanes) is 10. The zero-order valence-electron chi connectivity index (χ0n) is 16.9. The summed E-state index contributed by atoms with van der Waals surface area (Å²) in [5.41, 5.74) is 0. The predicted molar refractivity (Wildman–Crippen MR) is 112 cm³/mol. The van der Waals surface area contributed by atoms with Crippen LogP contribution in [0.3, 0.4) is 0 Å². The molecule has 0 N–H and O–H groups in total. The fourth-order valence-corrected chi connectivity index (χ4v) is 4.68. The van der Waals surface area contributed by atoms with Crippen LogP contribution in [0.5, 0.6) is 0 Å². The Labute approximate surface area is 171 Å². The molecule has 0 fully saturated rings. The summed E-state index contributed by atoms with van der Waals surface area (Å²) >= 11 is 0. The van der Waals surface area contributed by atoms with Crippen LogP contribution in [0.1, 0.15) is 77.0 Å². The van der Waals surface area contributed by atoms with E-state index in [1.165, 1.54) is 0 Å². The Balaban J connectivity index is 2.50. The van der Waals surface area contributed by atoms with E-state index in [1.807, 2.05) is 6.07 Å². The van der Waals surface area contributed by atoms with Gasteiger partial charge in [0.1, 0.15) is 0 Å². The van der Waals surface area contributed by atoms with Crippen molar-refractivity contribution in [2.75, 3.05) is 13.1 Å². The van der Waals surface area contributed by atoms with Crippen LogP contribution < -0.4 is 0 Å². The minimum Gasteiger partial charge on any atom is -0.207 e. The molecule has 0 radical (unpaired) electrons. The third-order valence-electron chi connectivity index (χ3n) is 4.77. The van der Waals surface area contributed by atoms with Crippen LogP contribution in [0, 0.1) is 22.7 Å². The molecule has 0 saturated heterocycles. The van der Waals surface area contributed by atoms with E-state index >= 15 is 0 Å². The summed E-state index contributed by atoms with van der Waals surface area (Å²) in [6.45, 7) is 1.09. The van der Waals surface area contributed by atoms with Gasteiger partial charge in [-0.25, -0.2) is 8.42 Å². The first kappa shape index (κ1) is 24.1. The lowest BCUT2D eigenvalue weighted by atomic mass is 10.1. The molecule has 0 unspecified atom stereocenters. The molecule has 5 nitrogen and oxygen atoms in total. The fourth-order valence-electron chi connectivity index (χ4n) is 3.14. The summed E-state index contributed by atoms with van der Waals surface area (Å²) in [4.78, 5) is 0.359. The van der Waals surface area contributed by atoms with Gasteiger partial charge in [0, 0.05) is 25.9 Å². The maximum absolute atomic E-state index is 13.0. The molecule has 0 amide bonds. The lowest BCUT2D eigenvalue weighted by Gasteiger charge is -2.22. The minimum absolute atomic E-state index is 0.359. The molecule has 0 aliphatic heterocycles. The van der Waals surface area contributed by atoms with Crippen molar-refractivity contribution in [2.45, 2.75) is 81.9 Å². The van der Waals surface area contributed by atoms with E-state index in [0.717, 1.165) is 64.2 Å². The van der Waals surface area contributed by atoms with Crippen LogP contribution in [-0.2, 0) is 10.0 Å². The standard InChI is InChI=1S/C22H33N3O2S/c23-18-12-5-1-3-7-14-20-25(21-15-8-4-2-6-13-19-24)28(26,27)22-16-10-9-11-17-22/h9-11,16-17H,1-8,12-15,20-21H2. The number of nitrogens with zero attached hydrogens (tertiary/aromatic N) is 3. The summed E-state index contributed by atoms with van der Waals surface area (Å²) in [5, 5.41) is 17.1. The molecule has 0 saturated carbocycles. The lowest BCUT2D eigenvalue weighted by Crippen LogP contribution is -2.33. The second-order valence-electron chi connectivity index (χ2n) is 7.07. The quantitative estimate of drug-likeness (QED) is 0.346. The van der Waals surface area contributed by atoms with Crippen molar-refractivity contribution in [1.82, 2.24) is 4.31 Å². The van der Waals surface area contributed by atoms with Crippen LogP contribution in [0.25, 0.3) is 0 Å². The second kappa shape index (κ2) is 15.1. The van der Waals surface area contributed by atoms with E-state index in [-0.39, 0.29) is 0 Å². The molecule has 0 heterocycles. The van der Waals surface area contributed by atoms with E-state index in [1.54, 1.807) is 28.6 Å². The summed E-state index contributed by atoms with van der Waals surface area (Å²) in [6, 6.07) is 13.0. The van der Waals surface area contributed by atoms with E-state index in [4.69, 9.17) is 10.5 Å². The van der Waals surface area contributed by atoms with Gasteiger partial charge in [-0.15, -0.1) is 0 Å². The SMILES string of the molecule is N#CCCCCCCCN(CCCCCCCC#N)S(=O)(=O)c1ccccc1. The van der Waals surface area contributed by atoms with Gasteiger partial charge in [0.25, 0.3) is 0 Å². The minimum atomic E-state index is -3.46. The molecule has 6 heteroatoms. The maximum atomic E-state index is 13.0. The van der Waals surface area contributed by atoms with Crippen molar-refractivity contribution < 1.29 is 8.42 Å². The number of benzene rings is 1. The maximum Gasteiger partial charge on any atom is 0.243 e. The van der Waals surface area contributed by atoms with Gasteiger partial charge in [-0.05, 0) is 37.8 Å². The van der Waals surface area contributed by atoms with Gasteiger partial charge in [0.05, 0.1) is 17.0 Å². The number of rotatable bonds is 16. The Hall–Kier alpha value is -1.89. The zero-order valence-corrected chi connectivity index (χ0v) is 17.7. The monoisotopic (exact) mass is 403 g/mol. The van der Waals surface area contributed by atoms with E-state index in [0.29, 0.717) is 30.8 Å². The Morgan fingerprint density at radius 3 is 1.57 bits per heavy atom. The second-order valence-corrected chi connectivity index (χ2v) is 9.01. The topological polar surface area (TPSA) is 85.0 Å². The first-order valence-corrected chi connectivity index (χ1v) is 11.9. The summed E-state index contributed by atoms with van der Waals surface area (Å²) < 4.78 is 27.6. The predicted octanol–water partition coefficient (Wildman–Crippen LogP) is 5.41. The summed E-state index contributed by atoms with van der Waals surface area (Å²) in [6.07, 6.45) is 10.9. The first-order chi connectivity index (χ1) is 13.6. The molecule has 0 aliphatic rings. The molecule has 0 spiro atoms. The van der Waals surface area contributed by atoms with Crippen molar-refractivity contribution in [3.8, 4) is 12.1 Å². The van der Waals surface area contributed by atoms with Crippen molar-refractivity contribution in [3.05, 3.63) is 30.3 Å². The molecule has 0 atom stereocenters. The van der Waals surface area contributed by atoms with Crippen molar-refractivity contribution in [3.63, 3.8) is 0 Å². The lowest BCUT2D eigenvalue weighted by molar-refractivity contribution is 0.384. The zero-order chi connectivity index (χ0) is 20.5. The van der Waals surface area contributed by atoms with E-state index in [9.17, 15) is 8.42 Å². The number of nitriles is 2.